The lowest BCUT2D eigenvalue weighted by molar-refractivity contribution is -0.153. The van der Waals surface area contributed by atoms with Crippen LogP contribution in [0, 0.1) is 17.3 Å². The summed E-state index contributed by atoms with van der Waals surface area (Å²) in [6.45, 7) is 13.5. The second kappa shape index (κ2) is 11.0. The monoisotopic (exact) mass is 478 g/mol. The largest absolute Gasteiger partial charge is 0.481 e. The molecule has 1 aliphatic rings. The first-order valence-electron chi connectivity index (χ1n) is 12.8. The first-order valence-corrected chi connectivity index (χ1v) is 14.7. The van der Waals surface area contributed by atoms with Crippen molar-refractivity contribution < 1.29 is 14.3 Å². The SMILES string of the molecule is C=CCCC[C@@]1(C(=O)O)CCC[C@@H]1[C@@H](C)CO[Si](c1ccccc1)(c1ccccc1)C(C)(C)C. The van der Waals surface area contributed by atoms with Crippen molar-refractivity contribution >= 4 is 24.7 Å². The summed E-state index contributed by atoms with van der Waals surface area (Å²) in [4.78, 5) is 12.6. The third-order valence-electron chi connectivity index (χ3n) is 7.97. The van der Waals surface area contributed by atoms with Crippen LogP contribution in [0.4, 0.5) is 0 Å². The van der Waals surface area contributed by atoms with E-state index < -0.39 is 19.7 Å². The highest BCUT2D eigenvalue weighted by atomic mass is 28.4. The van der Waals surface area contributed by atoms with Crippen molar-refractivity contribution in [2.75, 3.05) is 6.61 Å². The second-order valence-electron chi connectivity index (χ2n) is 11.1. The van der Waals surface area contributed by atoms with E-state index in [1.165, 1.54) is 10.4 Å². The van der Waals surface area contributed by atoms with Crippen molar-refractivity contribution in [2.24, 2.45) is 17.3 Å². The Bertz CT molecular complexity index is 895. The molecule has 0 heterocycles. The standard InChI is InChI=1S/C30H42O3Si/c1-6-7-14-21-30(28(31)32)22-15-20-27(30)24(2)23-33-34(29(3,4)5,25-16-10-8-11-17-25)26-18-12-9-13-19-26/h6,8-13,16-19,24,27H,1,7,14-15,20-23H2,2-5H3,(H,31,32)/t24-,27+,30+/m0/s1. The van der Waals surface area contributed by atoms with Crippen molar-refractivity contribution in [2.45, 2.75) is 71.3 Å². The first kappa shape index (κ1) is 26.4. The van der Waals surface area contributed by atoms with Crippen LogP contribution < -0.4 is 10.4 Å². The van der Waals surface area contributed by atoms with E-state index >= 15 is 0 Å². The molecule has 0 aliphatic heterocycles. The lowest BCUT2D eigenvalue weighted by atomic mass is 9.69. The van der Waals surface area contributed by atoms with Crippen molar-refractivity contribution in [1.82, 2.24) is 0 Å². The number of hydrogen-bond acceptors (Lipinski definition) is 2. The summed E-state index contributed by atoms with van der Waals surface area (Å²) in [5.41, 5.74) is -0.642. The molecule has 0 radical (unpaired) electrons. The molecular formula is C30H42O3Si. The van der Waals surface area contributed by atoms with Crippen LogP contribution in [-0.2, 0) is 9.22 Å². The molecule has 34 heavy (non-hydrogen) atoms. The van der Waals surface area contributed by atoms with Crippen molar-refractivity contribution in [3.8, 4) is 0 Å². The molecule has 1 aliphatic carbocycles. The molecule has 184 valence electrons. The molecule has 0 bridgehead atoms. The Kier molecular flexibility index (Phi) is 8.59. The van der Waals surface area contributed by atoms with Crippen molar-refractivity contribution in [1.29, 1.82) is 0 Å². The molecule has 2 aromatic carbocycles. The maximum absolute atomic E-state index is 12.6. The highest BCUT2D eigenvalue weighted by molar-refractivity contribution is 6.99. The molecule has 2 aromatic rings. The van der Waals surface area contributed by atoms with Gasteiger partial charge in [0.15, 0.2) is 0 Å². The Morgan fingerprint density at radius 2 is 1.71 bits per heavy atom. The summed E-state index contributed by atoms with van der Waals surface area (Å²) >= 11 is 0. The van der Waals surface area contributed by atoms with Gasteiger partial charge in [0.1, 0.15) is 0 Å². The molecular weight excluding hydrogens is 436 g/mol. The molecule has 0 spiro atoms. The third-order valence-corrected chi connectivity index (χ3v) is 13.0. The lowest BCUT2D eigenvalue weighted by Crippen LogP contribution is -2.67. The number of unbranched alkanes of at least 4 members (excludes halogenated alkanes) is 1. The van der Waals surface area contributed by atoms with Gasteiger partial charge < -0.3 is 9.53 Å². The topological polar surface area (TPSA) is 46.5 Å². The first-order chi connectivity index (χ1) is 16.2. The van der Waals surface area contributed by atoms with Crippen LogP contribution in [0.15, 0.2) is 73.3 Å². The fourth-order valence-corrected chi connectivity index (χ4v) is 11.0. The van der Waals surface area contributed by atoms with Crippen LogP contribution in [0.3, 0.4) is 0 Å². The second-order valence-corrected chi connectivity index (χ2v) is 15.4. The number of carboxylic acids is 1. The van der Waals surface area contributed by atoms with E-state index in [4.69, 9.17) is 4.43 Å². The lowest BCUT2D eigenvalue weighted by Gasteiger charge is -2.44. The summed E-state index contributed by atoms with van der Waals surface area (Å²) in [5.74, 6) is -0.326. The van der Waals surface area contributed by atoms with Crippen LogP contribution in [-0.4, -0.2) is 26.0 Å². The predicted molar refractivity (Wildman–Crippen MR) is 144 cm³/mol. The molecule has 0 amide bonds. The Balaban J connectivity index is 1.95. The molecule has 4 heteroatoms. The Morgan fingerprint density at radius 3 is 2.18 bits per heavy atom. The fraction of sp³-hybridized carbons (Fsp3) is 0.500. The maximum atomic E-state index is 12.6. The van der Waals surface area contributed by atoms with Crippen molar-refractivity contribution in [3.63, 3.8) is 0 Å². The third kappa shape index (κ3) is 5.08. The molecule has 0 saturated heterocycles. The molecule has 3 atom stereocenters. The van der Waals surface area contributed by atoms with Crippen molar-refractivity contribution in [3.05, 3.63) is 73.3 Å². The summed E-state index contributed by atoms with van der Waals surface area (Å²) in [6.07, 6.45) is 7.09. The zero-order chi connectivity index (χ0) is 24.8. The van der Waals surface area contributed by atoms with Gasteiger partial charge in [-0.25, -0.2) is 0 Å². The van der Waals surface area contributed by atoms with Gasteiger partial charge in [0.05, 0.1) is 5.41 Å². The van der Waals surface area contributed by atoms with Gasteiger partial charge in [-0.2, -0.15) is 0 Å². The predicted octanol–water partition coefficient (Wildman–Crippen LogP) is 6.43. The van der Waals surface area contributed by atoms with Gasteiger partial charge in [0, 0.05) is 6.61 Å². The summed E-state index contributed by atoms with van der Waals surface area (Å²) in [5, 5.41) is 12.8. The molecule has 3 nitrogen and oxygen atoms in total. The Morgan fingerprint density at radius 1 is 1.15 bits per heavy atom. The number of allylic oxidation sites excluding steroid dienone is 1. The highest BCUT2D eigenvalue weighted by Gasteiger charge is 2.53. The van der Waals surface area contributed by atoms with Gasteiger partial charge in [-0.05, 0) is 59.4 Å². The minimum absolute atomic E-state index is 0.0844. The summed E-state index contributed by atoms with van der Waals surface area (Å²) in [6, 6.07) is 21.4. The summed E-state index contributed by atoms with van der Waals surface area (Å²) < 4.78 is 7.17. The Hall–Kier alpha value is -2.17. The fourth-order valence-electron chi connectivity index (χ4n) is 6.31. The quantitative estimate of drug-likeness (QED) is 0.230. The van der Waals surface area contributed by atoms with Crippen LogP contribution in [0.25, 0.3) is 0 Å². The van der Waals surface area contributed by atoms with Gasteiger partial charge in [-0.1, -0.05) is 101 Å². The van der Waals surface area contributed by atoms with E-state index in [1.54, 1.807) is 0 Å². The van der Waals surface area contributed by atoms with Gasteiger partial charge in [-0.15, -0.1) is 6.58 Å². The molecule has 1 fully saturated rings. The number of carboxylic acid groups (broad SMARTS) is 1. The van der Waals surface area contributed by atoms with E-state index in [1.807, 2.05) is 6.08 Å². The zero-order valence-corrected chi connectivity index (χ0v) is 22.4. The average molecular weight is 479 g/mol. The minimum Gasteiger partial charge on any atom is -0.481 e. The van der Waals surface area contributed by atoms with E-state index in [2.05, 4.69) is 94.9 Å². The van der Waals surface area contributed by atoms with Crippen LogP contribution in [0.1, 0.15) is 66.2 Å². The smallest absolute Gasteiger partial charge is 0.309 e. The number of benzene rings is 2. The number of rotatable bonds is 11. The van der Waals surface area contributed by atoms with Crippen LogP contribution in [0.2, 0.25) is 5.04 Å². The van der Waals surface area contributed by atoms with Gasteiger partial charge >= 0.3 is 5.97 Å². The van der Waals surface area contributed by atoms with Crippen LogP contribution in [0.5, 0.6) is 0 Å². The molecule has 0 aromatic heterocycles. The summed E-state index contributed by atoms with van der Waals surface area (Å²) in [7, 11) is -2.63. The van der Waals surface area contributed by atoms with E-state index in [9.17, 15) is 9.90 Å². The Labute approximate surface area is 207 Å². The maximum Gasteiger partial charge on any atom is 0.309 e. The molecule has 1 saturated carbocycles. The minimum atomic E-state index is -2.63. The highest BCUT2D eigenvalue weighted by Crippen LogP contribution is 2.51. The number of hydrogen-bond donors (Lipinski definition) is 1. The number of carbonyl (C=O) groups is 1. The van der Waals surface area contributed by atoms with Gasteiger partial charge in [-0.3, -0.25) is 4.79 Å². The van der Waals surface area contributed by atoms with Gasteiger partial charge in [0.2, 0.25) is 0 Å². The average Bonchev–Trinajstić information content (AvgIpc) is 3.25. The molecule has 3 rings (SSSR count). The van der Waals surface area contributed by atoms with E-state index in [0.29, 0.717) is 6.61 Å². The number of aliphatic carboxylic acids is 1. The molecule has 0 unspecified atom stereocenters. The normalized spacial score (nSPS) is 21.8. The molecule has 1 N–H and O–H groups in total. The van der Waals surface area contributed by atoms with Gasteiger partial charge in [0.25, 0.3) is 8.32 Å². The van der Waals surface area contributed by atoms with E-state index in [0.717, 1.165) is 38.5 Å². The van der Waals surface area contributed by atoms with E-state index in [-0.39, 0.29) is 16.9 Å². The zero-order valence-electron chi connectivity index (χ0n) is 21.4. The van der Waals surface area contributed by atoms with Crippen LogP contribution >= 0.6 is 0 Å².